The topological polar surface area (TPSA) is 20.8 Å². The molecule has 0 N–H and O–H groups in total. The summed E-state index contributed by atoms with van der Waals surface area (Å²) in [7, 11) is 0. The highest BCUT2D eigenvalue weighted by molar-refractivity contribution is 6.27. The van der Waals surface area contributed by atoms with Gasteiger partial charge in [-0.3, -0.25) is 0 Å². The summed E-state index contributed by atoms with van der Waals surface area (Å²) in [5.74, 6) is 0. The van der Waals surface area contributed by atoms with Gasteiger partial charge < -0.3 is 13.7 Å². The maximum absolute atomic E-state index is 6.62. The van der Waals surface area contributed by atoms with Gasteiger partial charge in [0, 0.05) is 43.7 Å². The maximum Gasteiger partial charge on any atom is 0.159 e. The van der Waals surface area contributed by atoms with Gasteiger partial charge >= 0.3 is 0 Å². The van der Waals surface area contributed by atoms with E-state index in [9.17, 15) is 0 Å². The van der Waals surface area contributed by atoms with Gasteiger partial charge in [0.1, 0.15) is 5.58 Å². The molecule has 8 aromatic carbocycles. The maximum atomic E-state index is 6.62. The first-order chi connectivity index (χ1) is 23.3. The lowest BCUT2D eigenvalue weighted by molar-refractivity contribution is 0.669. The molecule has 11 rings (SSSR count). The van der Waals surface area contributed by atoms with E-state index in [1.54, 1.807) is 0 Å². The van der Waals surface area contributed by atoms with Crippen LogP contribution in [0.4, 0.5) is 17.1 Å². The molecule has 0 saturated carbocycles. The second-order valence-electron chi connectivity index (χ2n) is 12.6. The molecule has 11 aromatic rings. The van der Waals surface area contributed by atoms with E-state index >= 15 is 0 Å². The number of para-hydroxylation sites is 3. The number of anilines is 3. The van der Waals surface area contributed by atoms with E-state index in [0.717, 1.165) is 39.0 Å². The molecule has 0 saturated heterocycles. The minimum Gasteiger partial charge on any atom is -0.454 e. The monoisotopic (exact) mass is 598 g/mol. The molecule has 218 valence electrons. The Morgan fingerprint density at radius 3 is 1.62 bits per heavy atom. The largest absolute Gasteiger partial charge is 0.454 e. The third-order valence-electron chi connectivity index (χ3n) is 10.0. The zero-order chi connectivity index (χ0) is 30.6. The van der Waals surface area contributed by atoms with Gasteiger partial charge in [-0.15, -0.1) is 0 Å². The number of furan rings is 1. The minimum absolute atomic E-state index is 0.883. The van der Waals surface area contributed by atoms with E-state index in [1.807, 2.05) is 6.07 Å². The van der Waals surface area contributed by atoms with Gasteiger partial charge in [-0.05, 0) is 82.2 Å². The molecule has 0 radical (unpaired) electrons. The molecule has 3 heterocycles. The molecule has 0 aliphatic heterocycles. The molecule has 3 heteroatoms. The van der Waals surface area contributed by atoms with Crippen molar-refractivity contribution < 1.29 is 4.42 Å². The lowest BCUT2D eigenvalue weighted by atomic mass is 10.0. The normalized spacial score (nSPS) is 12.3. The molecule has 0 fully saturated rings. The summed E-state index contributed by atoms with van der Waals surface area (Å²) >= 11 is 0. The van der Waals surface area contributed by atoms with Crippen molar-refractivity contribution in [3.63, 3.8) is 0 Å². The second-order valence-corrected chi connectivity index (χ2v) is 12.6. The molecular weight excluding hydrogens is 572 g/mol. The Labute approximate surface area is 269 Å². The third kappa shape index (κ3) is 3.40. The number of aromatic nitrogens is 1. The van der Waals surface area contributed by atoms with Crippen LogP contribution in [0.3, 0.4) is 0 Å². The van der Waals surface area contributed by atoms with Crippen LogP contribution >= 0.6 is 0 Å². The van der Waals surface area contributed by atoms with Crippen molar-refractivity contribution in [3.05, 3.63) is 158 Å². The van der Waals surface area contributed by atoms with Gasteiger partial charge in [0.05, 0.1) is 22.2 Å². The predicted octanol–water partition coefficient (Wildman–Crippen LogP) is 12.5. The Bertz CT molecular complexity index is 2900. The van der Waals surface area contributed by atoms with Crippen molar-refractivity contribution in [2.45, 2.75) is 0 Å². The van der Waals surface area contributed by atoms with Crippen LogP contribution in [-0.4, -0.2) is 4.40 Å². The highest BCUT2D eigenvalue weighted by atomic mass is 16.3. The van der Waals surface area contributed by atoms with E-state index in [0.29, 0.717) is 0 Å². The summed E-state index contributed by atoms with van der Waals surface area (Å²) < 4.78 is 9.11. The molecule has 0 amide bonds. The van der Waals surface area contributed by atoms with Crippen LogP contribution in [0.2, 0.25) is 0 Å². The average molecular weight is 599 g/mol. The van der Waals surface area contributed by atoms with Crippen LogP contribution < -0.4 is 4.90 Å². The Morgan fingerprint density at radius 2 is 0.957 bits per heavy atom. The van der Waals surface area contributed by atoms with Crippen molar-refractivity contribution in [1.29, 1.82) is 0 Å². The Morgan fingerprint density at radius 1 is 0.404 bits per heavy atom. The van der Waals surface area contributed by atoms with Crippen LogP contribution in [0, 0.1) is 0 Å². The van der Waals surface area contributed by atoms with Crippen molar-refractivity contribution in [3.8, 4) is 0 Å². The Balaban J connectivity index is 1.31. The van der Waals surface area contributed by atoms with Crippen LogP contribution in [0.5, 0.6) is 0 Å². The smallest absolute Gasteiger partial charge is 0.159 e. The van der Waals surface area contributed by atoms with E-state index in [4.69, 9.17) is 4.42 Å². The predicted molar refractivity (Wildman–Crippen MR) is 198 cm³/mol. The molecule has 0 bridgehead atoms. The van der Waals surface area contributed by atoms with E-state index < -0.39 is 0 Å². The van der Waals surface area contributed by atoms with Crippen molar-refractivity contribution in [2.24, 2.45) is 0 Å². The quantitative estimate of drug-likeness (QED) is 0.202. The number of nitrogens with zero attached hydrogens (tertiary/aromatic N) is 2. The summed E-state index contributed by atoms with van der Waals surface area (Å²) in [5.41, 5.74) is 8.70. The molecule has 0 aliphatic rings. The molecule has 0 unspecified atom stereocenters. The lowest BCUT2D eigenvalue weighted by Gasteiger charge is -2.26. The summed E-state index contributed by atoms with van der Waals surface area (Å²) in [6.07, 6.45) is 0. The minimum atomic E-state index is 0.883. The van der Waals surface area contributed by atoms with Gasteiger partial charge in [0.2, 0.25) is 0 Å². The summed E-state index contributed by atoms with van der Waals surface area (Å²) in [4.78, 5) is 2.36. The molecule has 0 spiro atoms. The highest BCUT2D eigenvalue weighted by Gasteiger charge is 2.24. The van der Waals surface area contributed by atoms with E-state index in [1.165, 1.54) is 59.6 Å². The second kappa shape index (κ2) is 9.12. The Hall–Kier alpha value is -6.32. The lowest BCUT2D eigenvalue weighted by Crippen LogP contribution is -2.10. The fraction of sp³-hybridized carbons (Fsp3) is 0. The SMILES string of the molecule is c1ccc(N(c2cc3c4cc5ccccc5cc4n4c5cc6ccccc6cc5c(c2)c34)c2cccc3c2oc2ccccc23)cc1. The van der Waals surface area contributed by atoms with Crippen molar-refractivity contribution in [1.82, 2.24) is 4.40 Å². The number of rotatable bonds is 3. The van der Waals surface area contributed by atoms with E-state index in [-0.39, 0.29) is 0 Å². The number of fused-ring (bicyclic) bond motifs is 11. The first-order valence-corrected chi connectivity index (χ1v) is 16.1. The summed E-state index contributed by atoms with van der Waals surface area (Å²) in [6, 6.07) is 57.1. The molecule has 3 nitrogen and oxygen atoms in total. The fourth-order valence-electron chi connectivity index (χ4n) is 7.94. The first kappa shape index (κ1) is 24.9. The van der Waals surface area contributed by atoms with Crippen LogP contribution in [0.15, 0.2) is 162 Å². The van der Waals surface area contributed by atoms with Crippen LogP contribution in [0.25, 0.3) is 81.6 Å². The van der Waals surface area contributed by atoms with Crippen LogP contribution in [-0.2, 0) is 0 Å². The van der Waals surface area contributed by atoms with Gasteiger partial charge in [-0.25, -0.2) is 0 Å². The van der Waals surface area contributed by atoms with Gasteiger partial charge in [-0.2, -0.15) is 0 Å². The van der Waals surface area contributed by atoms with Gasteiger partial charge in [0.15, 0.2) is 5.58 Å². The standard InChI is InChI=1S/C44H26N2O/c1-2-15-31(16-3-1)45(39-19-10-18-34-33-17-8-9-20-42(33)47-44(34)39)32-25-37-35-21-27-11-4-6-13-29(27)23-40(35)46-41-24-30-14-7-5-12-28(30)22-36(41)38(26-32)43(37)46/h1-26H. The van der Waals surface area contributed by atoms with Gasteiger partial charge in [-0.1, -0.05) is 97.1 Å². The van der Waals surface area contributed by atoms with Crippen LogP contribution in [0.1, 0.15) is 0 Å². The molecular formula is C44H26N2O. The molecule has 47 heavy (non-hydrogen) atoms. The number of hydrogen-bond acceptors (Lipinski definition) is 2. The number of benzene rings is 8. The average Bonchev–Trinajstić information content (AvgIpc) is 3.77. The summed E-state index contributed by atoms with van der Waals surface area (Å²) in [6.45, 7) is 0. The fourth-order valence-corrected chi connectivity index (χ4v) is 7.94. The van der Waals surface area contributed by atoms with Crippen molar-refractivity contribution >= 4 is 98.6 Å². The first-order valence-electron chi connectivity index (χ1n) is 16.1. The molecule has 0 aliphatic carbocycles. The Kier molecular flexibility index (Phi) is 4.84. The van der Waals surface area contributed by atoms with E-state index in [2.05, 4.69) is 161 Å². The van der Waals surface area contributed by atoms with Crippen molar-refractivity contribution in [2.75, 3.05) is 4.90 Å². The molecule has 3 aromatic heterocycles. The number of hydrogen-bond donors (Lipinski definition) is 0. The zero-order valence-electron chi connectivity index (χ0n) is 25.3. The molecule has 0 atom stereocenters. The van der Waals surface area contributed by atoms with Gasteiger partial charge in [0.25, 0.3) is 0 Å². The third-order valence-corrected chi connectivity index (χ3v) is 10.0. The zero-order valence-corrected chi connectivity index (χ0v) is 25.3. The highest BCUT2D eigenvalue weighted by Crippen LogP contribution is 2.47. The summed E-state index contributed by atoms with van der Waals surface area (Å²) in [5, 5.41) is 12.2.